The van der Waals surface area contributed by atoms with Crippen molar-refractivity contribution in [1.29, 1.82) is 0 Å². The molecule has 2 heterocycles. The van der Waals surface area contributed by atoms with Gasteiger partial charge in [-0.15, -0.1) is 0 Å². The van der Waals surface area contributed by atoms with Crippen LogP contribution >= 0.6 is 11.6 Å². The van der Waals surface area contributed by atoms with E-state index in [9.17, 15) is 0 Å². The number of methoxy groups -OCH3 is 1. The standard InChI is InChI=1S/C13H17ClN2O/c1-17-12-3-2-10(6-11(12)14)16-5-4-13(9-16)7-15-8-13/h2-3,6,15H,4-5,7-9H2,1H3. The summed E-state index contributed by atoms with van der Waals surface area (Å²) in [5.41, 5.74) is 1.73. The summed E-state index contributed by atoms with van der Waals surface area (Å²) in [4.78, 5) is 2.42. The molecule has 2 aliphatic rings. The van der Waals surface area contributed by atoms with Crippen LogP contribution in [-0.2, 0) is 0 Å². The number of hydrogen-bond donors (Lipinski definition) is 1. The zero-order valence-electron chi connectivity index (χ0n) is 10.0. The Morgan fingerprint density at radius 2 is 2.24 bits per heavy atom. The molecule has 92 valence electrons. The van der Waals surface area contributed by atoms with Crippen molar-refractivity contribution in [3.8, 4) is 5.75 Å². The molecule has 1 N–H and O–H groups in total. The van der Waals surface area contributed by atoms with E-state index in [4.69, 9.17) is 16.3 Å². The van der Waals surface area contributed by atoms with Crippen LogP contribution in [0.5, 0.6) is 5.75 Å². The smallest absolute Gasteiger partial charge is 0.137 e. The normalized spacial score (nSPS) is 21.6. The summed E-state index contributed by atoms with van der Waals surface area (Å²) in [5.74, 6) is 0.745. The van der Waals surface area contributed by atoms with Gasteiger partial charge in [-0.05, 0) is 24.6 Å². The minimum Gasteiger partial charge on any atom is -0.495 e. The molecule has 2 fully saturated rings. The van der Waals surface area contributed by atoms with Gasteiger partial charge in [-0.1, -0.05) is 11.6 Å². The van der Waals surface area contributed by atoms with Crippen molar-refractivity contribution in [2.45, 2.75) is 6.42 Å². The van der Waals surface area contributed by atoms with Crippen molar-refractivity contribution >= 4 is 17.3 Å². The van der Waals surface area contributed by atoms with Gasteiger partial charge in [0.2, 0.25) is 0 Å². The number of rotatable bonds is 2. The summed E-state index contributed by atoms with van der Waals surface area (Å²) in [5, 5.41) is 4.07. The Kier molecular flexibility index (Phi) is 2.68. The number of ether oxygens (including phenoxy) is 1. The second-order valence-electron chi connectivity index (χ2n) is 5.09. The molecule has 1 aromatic rings. The molecule has 17 heavy (non-hydrogen) atoms. The fraction of sp³-hybridized carbons (Fsp3) is 0.538. The lowest BCUT2D eigenvalue weighted by Gasteiger charge is -2.39. The van der Waals surface area contributed by atoms with Gasteiger partial charge >= 0.3 is 0 Å². The van der Waals surface area contributed by atoms with E-state index in [1.165, 1.54) is 12.1 Å². The van der Waals surface area contributed by atoms with E-state index in [0.717, 1.165) is 31.9 Å². The Balaban J connectivity index is 1.78. The molecule has 0 radical (unpaired) electrons. The number of anilines is 1. The predicted octanol–water partition coefficient (Wildman–Crippen LogP) is 2.15. The summed E-state index contributed by atoms with van der Waals surface area (Å²) in [6, 6.07) is 6.04. The SMILES string of the molecule is COc1ccc(N2CCC3(CNC3)C2)cc1Cl. The second kappa shape index (κ2) is 4.07. The molecule has 0 atom stereocenters. The highest BCUT2D eigenvalue weighted by Crippen LogP contribution is 2.38. The molecule has 0 unspecified atom stereocenters. The average Bonchev–Trinajstić information content (AvgIpc) is 2.73. The van der Waals surface area contributed by atoms with Crippen LogP contribution in [0.15, 0.2) is 18.2 Å². The summed E-state index contributed by atoms with van der Waals surface area (Å²) >= 11 is 6.16. The maximum Gasteiger partial charge on any atom is 0.137 e. The number of halogens is 1. The first-order chi connectivity index (χ1) is 8.22. The molecule has 1 aromatic carbocycles. The molecule has 2 aliphatic heterocycles. The monoisotopic (exact) mass is 252 g/mol. The van der Waals surface area contributed by atoms with Gasteiger partial charge in [-0.2, -0.15) is 0 Å². The summed E-state index contributed by atoms with van der Waals surface area (Å²) in [7, 11) is 1.64. The number of nitrogens with zero attached hydrogens (tertiary/aromatic N) is 1. The molecule has 2 saturated heterocycles. The zero-order valence-corrected chi connectivity index (χ0v) is 10.8. The average molecular weight is 253 g/mol. The molecule has 3 rings (SSSR count). The van der Waals surface area contributed by atoms with Crippen LogP contribution in [0.25, 0.3) is 0 Å². The van der Waals surface area contributed by atoms with Gasteiger partial charge in [0.1, 0.15) is 5.75 Å². The van der Waals surface area contributed by atoms with Crippen LogP contribution < -0.4 is 15.0 Å². The molecule has 1 spiro atoms. The van der Waals surface area contributed by atoms with Gasteiger partial charge in [0.25, 0.3) is 0 Å². The molecule has 0 bridgehead atoms. The van der Waals surface area contributed by atoms with Crippen LogP contribution in [0.4, 0.5) is 5.69 Å². The van der Waals surface area contributed by atoms with Crippen LogP contribution in [0.3, 0.4) is 0 Å². The highest BCUT2D eigenvalue weighted by atomic mass is 35.5. The van der Waals surface area contributed by atoms with Gasteiger partial charge in [0.05, 0.1) is 12.1 Å². The van der Waals surface area contributed by atoms with Crippen LogP contribution in [0.2, 0.25) is 5.02 Å². The number of nitrogens with one attached hydrogen (secondary N) is 1. The van der Waals surface area contributed by atoms with E-state index in [2.05, 4.69) is 16.3 Å². The third-order valence-electron chi connectivity index (χ3n) is 3.94. The van der Waals surface area contributed by atoms with Gasteiger partial charge in [-0.25, -0.2) is 0 Å². The third-order valence-corrected chi connectivity index (χ3v) is 4.23. The molecule has 0 saturated carbocycles. The Labute approximate surface area is 107 Å². The molecule has 0 amide bonds. The lowest BCUT2D eigenvalue weighted by Crippen LogP contribution is -2.54. The largest absolute Gasteiger partial charge is 0.495 e. The molecular weight excluding hydrogens is 236 g/mol. The quantitative estimate of drug-likeness (QED) is 0.873. The van der Waals surface area contributed by atoms with Gasteiger partial charge in [-0.3, -0.25) is 0 Å². The first kappa shape index (κ1) is 11.2. The molecule has 4 heteroatoms. The van der Waals surface area contributed by atoms with Crippen LogP contribution in [-0.4, -0.2) is 33.3 Å². The zero-order chi connectivity index (χ0) is 11.9. The highest BCUT2D eigenvalue weighted by molar-refractivity contribution is 6.32. The fourth-order valence-electron chi connectivity index (χ4n) is 2.77. The van der Waals surface area contributed by atoms with Gasteiger partial charge < -0.3 is 15.0 Å². The van der Waals surface area contributed by atoms with E-state index < -0.39 is 0 Å². The predicted molar refractivity (Wildman–Crippen MR) is 70.1 cm³/mol. The lowest BCUT2D eigenvalue weighted by molar-refractivity contribution is 0.200. The second-order valence-corrected chi connectivity index (χ2v) is 5.50. The topological polar surface area (TPSA) is 24.5 Å². The summed E-state index contributed by atoms with van der Waals surface area (Å²) in [6.45, 7) is 4.59. The van der Waals surface area contributed by atoms with Gasteiger partial charge in [0, 0.05) is 37.3 Å². The number of benzene rings is 1. The van der Waals surface area contributed by atoms with Crippen molar-refractivity contribution < 1.29 is 4.74 Å². The Morgan fingerprint density at radius 3 is 2.76 bits per heavy atom. The summed E-state index contributed by atoms with van der Waals surface area (Å²) in [6.07, 6.45) is 1.28. The molecule has 0 aromatic heterocycles. The minimum atomic E-state index is 0.520. The van der Waals surface area contributed by atoms with E-state index in [0.29, 0.717) is 10.4 Å². The maximum atomic E-state index is 6.16. The molecule has 0 aliphatic carbocycles. The minimum absolute atomic E-state index is 0.520. The van der Waals surface area contributed by atoms with Crippen LogP contribution in [0, 0.1) is 5.41 Å². The van der Waals surface area contributed by atoms with Crippen molar-refractivity contribution in [3.05, 3.63) is 23.2 Å². The van der Waals surface area contributed by atoms with E-state index in [1.54, 1.807) is 7.11 Å². The van der Waals surface area contributed by atoms with Gasteiger partial charge in [0.15, 0.2) is 0 Å². The Bertz CT molecular complexity index is 431. The molecule has 3 nitrogen and oxygen atoms in total. The summed E-state index contributed by atoms with van der Waals surface area (Å²) < 4.78 is 5.18. The van der Waals surface area contributed by atoms with E-state index in [-0.39, 0.29) is 0 Å². The van der Waals surface area contributed by atoms with Crippen LogP contribution in [0.1, 0.15) is 6.42 Å². The lowest BCUT2D eigenvalue weighted by atomic mass is 9.81. The van der Waals surface area contributed by atoms with Crippen molar-refractivity contribution in [1.82, 2.24) is 5.32 Å². The van der Waals surface area contributed by atoms with Crippen molar-refractivity contribution in [2.75, 3.05) is 38.2 Å². The fourth-order valence-corrected chi connectivity index (χ4v) is 3.03. The number of hydrogen-bond acceptors (Lipinski definition) is 3. The van der Waals surface area contributed by atoms with Crippen molar-refractivity contribution in [2.24, 2.45) is 5.41 Å². The van der Waals surface area contributed by atoms with E-state index >= 15 is 0 Å². The highest BCUT2D eigenvalue weighted by Gasteiger charge is 2.42. The Morgan fingerprint density at radius 1 is 1.41 bits per heavy atom. The van der Waals surface area contributed by atoms with E-state index in [1.807, 2.05) is 12.1 Å². The van der Waals surface area contributed by atoms with Crippen molar-refractivity contribution in [3.63, 3.8) is 0 Å². The molecular formula is C13H17ClN2O. The first-order valence-electron chi connectivity index (χ1n) is 6.02. The Hall–Kier alpha value is -0.930. The third kappa shape index (κ3) is 1.87. The first-order valence-corrected chi connectivity index (χ1v) is 6.39. The maximum absolute atomic E-state index is 6.16.